The summed E-state index contributed by atoms with van der Waals surface area (Å²) in [5.41, 5.74) is 1.02. The fourth-order valence-corrected chi connectivity index (χ4v) is 4.43. The van der Waals surface area contributed by atoms with Gasteiger partial charge in [0, 0.05) is 10.6 Å². The van der Waals surface area contributed by atoms with E-state index in [0.717, 1.165) is 4.88 Å². The molecule has 0 aliphatic rings. The second-order valence-corrected chi connectivity index (χ2v) is 8.53. The molecule has 3 rings (SSSR count). The fraction of sp³-hybridized carbons (Fsp3) is 0.167. The topological polar surface area (TPSA) is 74.1 Å². The van der Waals surface area contributed by atoms with Crippen LogP contribution < -0.4 is 15.4 Å². The number of thiophene rings is 1. The second kappa shape index (κ2) is 11.9. The number of hydrogen-bond acceptors (Lipinski definition) is 6. The van der Waals surface area contributed by atoms with Crippen molar-refractivity contribution in [3.8, 4) is 11.8 Å². The summed E-state index contributed by atoms with van der Waals surface area (Å²) in [5, 5.41) is 18.0. The van der Waals surface area contributed by atoms with Gasteiger partial charge in [-0.05, 0) is 42.1 Å². The lowest BCUT2D eigenvalue weighted by atomic mass is 10.2. The number of nitriles is 1. The lowest BCUT2D eigenvalue weighted by Crippen LogP contribution is -2.25. The highest BCUT2D eigenvalue weighted by molar-refractivity contribution is 8.02. The maximum atomic E-state index is 14.1. The monoisotopic (exact) mass is 467 g/mol. The summed E-state index contributed by atoms with van der Waals surface area (Å²) in [5.74, 6) is -0.00169. The predicted molar refractivity (Wildman–Crippen MR) is 128 cm³/mol. The van der Waals surface area contributed by atoms with E-state index in [4.69, 9.17) is 4.74 Å². The summed E-state index contributed by atoms with van der Waals surface area (Å²) in [4.78, 5) is 13.8. The predicted octanol–water partition coefficient (Wildman–Crippen LogP) is 5.68. The maximum absolute atomic E-state index is 14.1. The number of halogens is 1. The van der Waals surface area contributed by atoms with E-state index >= 15 is 0 Å². The molecule has 1 heterocycles. The molecule has 0 aliphatic carbocycles. The van der Waals surface area contributed by atoms with Crippen LogP contribution in [0.25, 0.3) is 0 Å². The Hall–Kier alpha value is -3.28. The second-order valence-electron chi connectivity index (χ2n) is 6.51. The summed E-state index contributed by atoms with van der Waals surface area (Å²) >= 11 is 2.71. The molecule has 0 spiro atoms. The van der Waals surface area contributed by atoms with Gasteiger partial charge in [0.15, 0.2) is 0 Å². The van der Waals surface area contributed by atoms with Crippen molar-refractivity contribution in [1.29, 1.82) is 5.26 Å². The first kappa shape index (κ1) is 23.4. The Bertz CT molecular complexity index is 1120. The van der Waals surface area contributed by atoms with Crippen LogP contribution >= 0.6 is 23.1 Å². The maximum Gasteiger partial charge on any atom is 0.264 e. The van der Waals surface area contributed by atoms with Crippen LogP contribution in [-0.2, 0) is 17.1 Å². The van der Waals surface area contributed by atoms with Gasteiger partial charge in [0.25, 0.3) is 5.91 Å². The van der Waals surface area contributed by atoms with Crippen LogP contribution in [0.5, 0.6) is 5.75 Å². The number of ether oxygens (including phenoxy) is 1. The molecule has 0 bridgehead atoms. The third-order valence-corrected chi connectivity index (χ3v) is 6.26. The zero-order chi connectivity index (χ0) is 22.8. The summed E-state index contributed by atoms with van der Waals surface area (Å²) < 4.78 is 19.8. The molecular weight excluding hydrogens is 445 g/mol. The van der Waals surface area contributed by atoms with Crippen LogP contribution in [0.2, 0.25) is 0 Å². The fourth-order valence-electron chi connectivity index (χ4n) is 2.78. The number of carbonyl (C=O) groups is 1. The van der Waals surface area contributed by atoms with E-state index in [2.05, 4.69) is 10.6 Å². The largest absolute Gasteiger partial charge is 0.492 e. The molecule has 1 aromatic heterocycles. The van der Waals surface area contributed by atoms with Gasteiger partial charge in [0.2, 0.25) is 0 Å². The molecule has 0 aliphatic heterocycles. The number of nitrogens with zero attached hydrogens (tertiary/aromatic N) is 1. The SMILES string of the molecule is CCOc1ccccc1N/C(SCc1ccccc1F)=C(\C#N)C(=O)NCc1cccs1. The van der Waals surface area contributed by atoms with Gasteiger partial charge in [-0.2, -0.15) is 5.26 Å². The van der Waals surface area contributed by atoms with Crippen LogP contribution in [0.3, 0.4) is 0 Å². The molecule has 0 unspecified atom stereocenters. The highest BCUT2D eigenvalue weighted by Gasteiger charge is 2.18. The van der Waals surface area contributed by atoms with Gasteiger partial charge in [-0.3, -0.25) is 4.79 Å². The minimum atomic E-state index is -0.502. The number of para-hydroxylation sites is 2. The third kappa shape index (κ3) is 6.36. The molecule has 32 heavy (non-hydrogen) atoms. The van der Waals surface area contributed by atoms with Crippen LogP contribution in [0.15, 0.2) is 76.6 Å². The minimum Gasteiger partial charge on any atom is -0.492 e. The smallest absolute Gasteiger partial charge is 0.264 e. The lowest BCUT2D eigenvalue weighted by Gasteiger charge is -2.16. The standard InChI is InChI=1S/C24H22FN3O2S2/c1-2-30-22-12-6-5-11-21(22)28-24(32-16-17-8-3-4-10-20(17)25)19(14-26)23(29)27-15-18-9-7-13-31-18/h3-13,28H,2,15-16H2,1H3,(H,27,29)/b24-19-. The van der Waals surface area contributed by atoms with E-state index in [1.807, 2.05) is 42.6 Å². The molecule has 0 atom stereocenters. The Labute approximate surface area is 194 Å². The van der Waals surface area contributed by atoms with Gasteiger partial charge < -0.3 is 15.4 Å². The Morgan fingerprint density at radius 2 is 1.94 bits per heavy atom. The van der Waals surface area contributed by atoms with E-state index in [1.54, 1.807) is 30.3 Å². The van der Waals surface area contributed by atoms with Crippen molar-refractivity contribution in [3.63, 3.8) is 0 Å². The van der Waals surface area contributed by atoms with E-state index in [-0.39, 0.29) is 17.1 Å². The molecule has 2 aromatic carbocycles. The molecule has 0 fully saturated rings. The molecule has 5 nitrogen and oxygen atoms in total. The van der Waals surface area contributed by atoms with Gasteiger partial charge in [-0.1, -0.05) is 36.4 Å². The number of nitrogens with one attached hydrogen (secondary N) is 2. The molecule has 3 aromatic rings. The Morgan fingerprint density at radius 3 is 2.66 bits per heavy atom. The molecule has 8 heteroatoms. The molecule has 1 amide bonds. The van der Waals surface area contributed by atoms with Crippen LogP contribution in [0.1, 0.15) is 17.4 Å². The van der Waals surface area contributed by atoms with E-state index in [9.17, 15) is 14.4 Å². The van der Waals surface area contributed by atoms with E-state index < -0.39 is 5.91 Å². The highest BCUT2D eigenvalue weighted by atomic mass is 32.2. The third-order valence-electron chi connectivity index (χ3n) is 4.33. The number of anilines is 1. The van der Waals surface area contributed by atoms with Crippen molar-refractivity contribution in [2.75, 3.05) is 11.9 Å². The number of hydrogen-bond donors (Lipinski definition) is 2. The average molecular weight is 468 g/mol. The quantitative estimate of drug-likeness (QED) is 0.296. The number of carbonyl (C=O) groups excluding carboxylic acids is 1. The van der Waals surface area contributed by atoms with E-state index in [0.29, 0.717) is 35.2 Å². The normalized spacial score (nSPS) is 11.3. The minimum absolute atomic E-state index is 0.0748. The van der Waals surface area contributed by atoms with Gasteiger partial charge in [-0.15, -0.1) is 23.1 Å². The van der Waals surface area contributed by atoms with E-state index in [1.165, 1.54) is 29.2 Å². The molecular formula is C24H22FN3O2S2. The Balaban J connectivity index is 1.89. The van der Waals surface area contributed by atoms with Gasteiger partial charge in [-0.25, -0.2) is 4.39 Å². The van der Waals surface area contributed by atoms with Crippen molar-refractivity contribution < 1.29 is 13.9 Å². The summed E-state index contributed by atoms with van der Waals surface area (Å²) in [6.45, 7) is 2.66. The van der Waals surface area contributed by atoms with Gasteiger partial charge in [0.05, 0.1) is 23.9 Å². The first-order valence-electron chi connectivity index (χ1n) is 9.92. The molecule has 0 radical (unpaired) electrons. The average Bonchev–Trinajstić information content (AvgIpc) is 3.32. The van der Waals surface area contributed by atoms with Crippen LogP contribution in [0.4, 0.5) is 10.1 Å². The number of benzene rings is 2. The van der Waals surface area contributed by atoms with Crippen molar-refractivity contribution in [1.82, 2.24) is 5.32 Å². The molecule has 0 saturated carbocycles. The number of rotatable bonds is 10. The summed E-state index contributed by atoms with van der Waals surface area (Å²) in [6, 6.07) is 19.5. The molecule has 0 saturated heterocycles. The summed E-state index contributed by atoms with van der Waals surface area (Å²) in [6.07, 6.45) is 0. The Morgan fingerprint density at radius 1 is 1.16 bits per heavy atom. The van der Waals surface area contributed by atoms with Gasteiger partial charge in [0.1, 0.15) is 23.2 Å². The molecule has 164 valence electrons. The first-order valence-corrected chi connectivity index (χ1v) is 11.8. The zero-order valence-electron chi connectivity index (χ0n) is 17.4. The van der Waals surface area contributed by atoms with Crippen molar-refractivity contribution >= 4 is 34.7 Å². The van der Waals surface area contributed by atoms with Crippen molar-refractivity contribution in [3.05, 3.63) is 92.9 Å². The highest BCUT2D eigenvalue weighted by Crippen LogP contribution is 2.32. The zero-order valence-corrected chi connectivity index (χ0v) is 19.1. The number of amides is 1. The van der Waals surface area contributed by atoms with Crippen LogP contribution in [-0.4, -0.2) is 12.5 Å². The van der Waals surface area contributed by atoms with Gasteiger partial charge >= 0.3 is 0 Å². The summed E-state index contributed by atoms with van der Waals surface area (Å²) in [7, 11) is 0. The Kier molecular flexibility index (Phi) is 8.72. The van der Waals surface area contributed by atoms with Crippen molar-refractivity contribution in [2.24, 2.45) is 0 Å². The first-order chi connectivity index (χ1) is 15.6. The lowest BCUT2D eigenvalue weighted by molar-refractivity contribution is -0.117. The molecule has 2 N–H and O–H groups in total. The number of thioether (sulfide) groups is 1. The van der Waals surface area contributed by atoms with Crippen LogP contribution in [0, 0.1) is 17.1 Å². The van der Waals surface area contributed by atoms with Crippen molar-refractivity contribution in [2.45, 2.75) is 19.2 Å².